The number of hydrogen-bond acceptors (Lipinski definition) is 6. The number of halogens is 1. The molecule has 1 N–H and O–H groups in total. The van der Waals surface area contributed by atoms with E-state index in [1.807, 2.05) is 18.2 Å². The molecule has 0 bridgehead atoms. The standard InChI is InChI=1S/C24H18ClNO6S/c1-13-17-8-19-20(14-2-4-15(25)5-3-14)11-31-21(19)10-22(17)32-24(28)18(13)9-23(27)26-16-6-7-33(29,30)12-16/h2-8,10-11,16H,9,12H2,1H3,(H,26,27)/t16-/m1/s1. The van der Waals surface area contributed by atoms with Crippen LogP contribution in [0, 0.1) is 6.92 Å². The first-order valence-corrected chi connectivity index (χ1v) is 12.2. The molecule has 0 saturated carbocycles. The topological polar surface area (TPSA) is 107 Å². The molecule has 0 unspecified atom stereocenters. The maximum Gasteiger partial charge on any atom is 0.340 e. The molecule has 168 valence electrons. The Labute approximate surface area is 193 Å². The molecule has 33 heavy (non-hydrogen) atoms. The van der Waals surface area contributed by atoms with Gasteiger partial charge in [-0.1, -0.05) is 23.7 Å². The summed E-state index contributed by atoms with van der Waals surface area (Å²) in [5, 5.41) is 5.87. The summed E-state index contributed by atoms with van der Waals surface area (Å²) in [4.78, 5) is 25.1. The van der Waals surface area contributed by atoms with E-state index in [9.17, 15) is 18.0 Å². The van der Waals surface area contributed by atoms with Gasteiger partial charge in [0.1, 0.15) is 11.2 Å². The van der Waals surface area contributed by atoms with Crippen LogP contribution in [-0.4, -0.2) is 26.1 Å². The molecular weight excluding hydrogens is 466 g/mol. The highest BCUT2D eigenvalue weighted by atomic mass is 35.5. The zero-order chi connectivity index (χ0) is 23.3. The number of sulfone groups is 1. The molecule has 1 aliphatic rings. The van der Waals surface area contributed by atoms with Gasteiger partial charge in [-0.05, 0) is 42.3 Å². The van der Waals surface area contributed by atoms with E-state index < -0.39 is 27.4 Å². The predicted octanol–water partition coefficient (Wildman–Crippen LogP) is 4.14. The van der Waals surface area contributed by atoms with Crippen LogP contribution in [0.1, 0.15) is 11.1 Å². The second kappa shape index (κ2) is 7.90. The zero-order valence-electron chi connectivity index (χ0n) is 17.4. The van der Waals surface area contributed by atoms with E-state index in [2.05, 4.69) is 5.32 Å². The Morgan fingerprint density at radius 2 is 1.91 bits per heavy atom. The number of benzene rings is 2. The molecule has 7 nitrogen and oxygen atoms in total. The van der Waals surface area contributed by atoms with Crippen LogP contribution in [0.25, 0.3) is 33.1 Å². The summed E-state index contributed by atoms with van der Waals surface area (Å²) in [6.45, 7) is 1.76. The van der Waals surface area contributed by atoms with E-state index in [-0.39, 0.29) is 17.7 Å². The molecule has 3 heterocycles. The fourth-order valence-corrected chi connectivity index (χ4v) is 5.41. The van der Waals surface area contributed by atoms with Crippen LogP contribution in [0.15, 0.2) is 67.8 Å². The van der Waals surface area contributed by atoms with Crippen molar-refractivity contribution in [1.82, 2.24) is 5.32 Å². The van der Waals surface area contributed by atoms with Gasteiger partial charge in [-0.15, -0.1) is 0 Å². The highest BCUT2D eigenvalue weighted by Gasteiger charge is 2.24. The van der Waals surface area contributed by atoms with Crippen molar-refractivity contribution in [1.29, 1.82) is 0 Å². The van der Waals surface area contributed by atoms with E-state index in [1.165, 1.54) is 6.08 Å². The molecule has 1 aliphatic heterocycles. The van der Waals surface area contributed by atoms with Crippen molar-refractivity contribution in [3.05, 3.63) is 80.7 Å². The van der Waals surface area contributed by atoms with E-state index >= 15 is 0 Å². The first-order valence-electron chi connectivity index (χ1n) is 10.1. The molecule has 5 rings (SSSR count). The average Bonchev–Trinajstić information content (AvgIpc) is 3.32. The minimum Gasteiger partial charge on any atom is -0.464 e. The molecule has 0 spiro atoms. The van der Waals surface area contributed by atoms with Gasteiger partial charge in [0.05, 0.1) is 30.0 Å². The maximum absolute atomic E-state index is 12.6. The van der Waals surface area contributed by atoms with Crippen molar-refractivity contribution in [3.8, 4) is 11.1 Å². The maximum atomic E-state index is 12.6. The number of fused-ring (bicyclic) bond motifs is 2. The molecule has 2 aromatic heterocycles. The van der Waals surface area contributed by atoms with E-state index in [1.54, 1.807) is 31.4 Å². The fraction of sp³-hybridized carbons (Fsp3) is 0.167. The molecule has 2 aromatic carbocycles. The summed E-state index contributed by atoms with van der Waals surface area (Å²) >= 11 is 6.00. The van der Waals surface area contributed by atoms with Crippen molar-refractivity contribution >= 4 is 49.3 Å². The number of carbonyl (C=O) groups is 1. The lowest BCUT2D eigenvalue weighted by atomic mass is 9.99. The predicted molar refractivity (Wildman–Crippen MR) is 126 cm³/mol. The molecule has 0 fully saturated rings. The summed E-state index contributed by atoms with van der Waals surface area (Å²) in [7, 11) is -3.30. The first-order chi connectivity index (χ1) is 15.7. The van der Waals surface area contributed by atoms with Gasteiger partial charge in [0.2, 0.25) is 5.91 Å². The van der Waals surface area contributed by atoms with Gasteiger partial charge >= 0.3 is 5.63 Å². The SMILES string of the molecule is Cc1c(CC(=O)N[C@@H]2C=CS(=O)(=O)C2)c(=O)oc2cc3occ(-c4ccc(Cl)cc4)c3cc12. The normalized spacial score (nSPS) is 17.1. The first kappa shape index (κ1) is 21.5. The Morgan fingerprint density at radius 1 is 1.15 bits per heavy atom. The lowest BCUT2D eigenvalue weighted by Gasteiger charge is -2.11. The van der Waals surface area contributed by atoms with Gasteiger partial charge in [-0.25, -0.2) is 13.2 Å². The van der Waals surface area contributed by atoms with Crippen molar-refractivity contribution in [2.24, 2.45) is 0 Å². The lowest BCUT2D eigenvalue weighted by Crippen LogP contribution is -2.37. The largest absolute Gasteiger partial charge is 0.464 e. The van der Waals surface area contributed by atoms with Crippen molar-refractivity contribution in [3.63, 3.8) is 0 Å². The number of nitrogens with one attached hydrogen (secondary N) is 1. The molecule has 1 atom stereocenters. The molecule has 1 amide bonds. The molecule has 4 aromatic rings. The second-order valence-corrected chi connectivity index (χ2v) is 10.4. The van der Waals surface area contributed by atoms with Gasteiger partial charge in [0, 0.05) is 32.8 Å². The Morgan fingerprint density at radius 3 is 2.61 bits per heavy atom. The number of amides is 1. The van der Waals surface area contributed by atoms with E-state index in [0.29, 0.717) is 27.1 Å². The van der Waals surface area contributed by atoms with Gasteiger partial charge in [0.25, 0.3) is 0 Å². The number of aryl methyl sites for hydroxylation is 1. The van der Waals surface area contributed by atoms with Crippen LogP contribution in [0.3, 0.4) is 0 Å². The van der Waals surface area contributed by atoms with Crippen LogP contribution >= 0.6 is 11.6 Å². The van der Waals surface area contributed by atoms with E-state index in [0.717, 1.165) is 21.9 Å². The van der Waals surface area contributed by atoms with Gasteiger partial charge in [-0.3, -0.25) is 4.79 Å². The molecular formula is C24H18ClNO6S. The van der Waals surface area contributed by atoms with E-state index in [4.69, 9.17) is 20.4 Å². The van der Waals surface area contributed by atoms with Gasteiger partial charge in [-0.2, -0.15) is 0 Å². The Balaban J connectivity index is 1.52. The zero-order valence-corrected chi connectivity index (χ0v) is 19.0. The summed E-state index contributed by atoms with van der Waals surface area (Å²) in [6, 6.07) is 10.3. The molecule has 0 radical (unpaired) electrons. The summed E-state index contributed by atoms with van der Waals surface area (Å²) in [5.41, 5.74) is 2.94. The molecule has 0 aliphatic carbocycles. The molecule has 9 heteroatoms. The highest BCUT2D eigenvalue weighted by Crippen LogP contribution is 2.35. The van der Waals surface area contributed by atoms with Crippen molar-refractivity contribution in [2.45, 2.75) is 19.4 Å². The number of hydrogen-bond donors (Lipinski definition) is 1. The van der Waals surface area contributed by atoms with Gasteiger partial charge in [0.15, 0.2) is 9.84 Å². The Kier molecular flexibility index (Phi) is 5.14. The van der Waals surface area contributed by atoms with Crippen LogP contribution in [0.5, 0.6) is 0 Å². The number of rotatable bonds is 4. The Bertz CT molecular complexity index is 1610. The van der Waals surface area contributed by atoms with Crippen LogP contribution < -0.4 is 10.9 Å². The van der Waals surface area contributed by atoms with Crippen LogP contribution in [0.2, 0.25) is 5.02 Å². The number of furan rings is 1. The smallest absolute Gasteiger partial charge is 0.340 e. The van der Waals surface area contributed by atoms with Crippen molar-refractivity contribution in [2.75, 3.05) is 5.75 Å². The van der Waals surface area contributed by atoms with Crippen LogP contribution in [0.4, 0.5) is 0 Å². The quantitative estimate of drug-likeness (QED) is 0.437. The third kappa shape index (κ3) is 4.07. The Hall–Kier alpha value is -3.36. The fourth-order valence-electron chi connectivity index (χ4n) is 4.05. The average molecular weight is 484 g/mol. The third-order valence-corrected chi connectivity index (χ3v) is 7.40. The highest BCUT2D eigenvalue weighted by molar-refractivity contribution is 7.94. The minimum absolute atomic E-state index is 0.185. The van der Waals surface area contributed by atoms with Crippen LogP contribution in [-0.2, 0) is 21.1 Å². The summed E-state index contributed by atoms with van der Waals surface area (Å²) < 4.78 is 34.3. The van der Waals surface area contributed by atoms with Gasteiger partial charge < -0.3 is 14.2 Å². The number of carbonyl (C=O) groups excluding carboxylic acids is 1. The lowest BCUT2D eigenvalue weighted by molar-refractivity contribution is -0.120. The monoisotopic (exact) mass is 483 g/mol. The van der Waals surface area contributed by atoms with Crippen molar-refractivity contribution < 1.29 is 22.0 Å². The summed E-state index contributed by atoms with van der Waals surface area (Å²) in [6.07, 6.45) is 2.84. The minimum atomic E-state index is -3.30. The molecule has 0 saturated heterocycles. The summed E-state index contributed by atoms with van der Waals surface area (Å²) in [5.74, 6) is -0.640. The second-order valence-electron chi connectivity index (χ2n) is 8.00. The third-order valence-electron chi connectivity index (χ3n) is 5.75.